The lowest BCUT2D eigenvalue weighted by atomic mass is 10.0. The lowest BCUT2D eigenvalue weighted by Gasteiger charge is -2.19. The van der Waals surface area contributed by atoms with E-state index >= 15 is 0 Å². The zero-order chi connectivity index (χ0) is 38.1. The van der Waals surface area contributed by atoms with Gasteiger partial charge in [-0.3, -0.25) is 13.8 Å². The fourth-order valence-electron chi connectivity index (χ4n) is 6.19. The summed E-state index contributed by atoms with van der Waals surface area (Å²) in [6.45, 7) is 4.26. The average molecular weight is 758 g/mol. The molecule has 0 spiro atoms. The van der Waals surface area contributed by atoms with Crippen molar-refractivity contribution in [2.45, 2.75) is 219 Å². The van der Waals surface area contributed by atoms with Gasteiger partial charge in [0.1, 0.15) is 6.61 Å². The van der Waals surface area contributed by atoms with E-state index in [1.807, 2.05) is 6.08 Å². The number of phosphoric ester groups is 1. The minimum Gasteiger partial charge on any atom is -0.498 e. The van der Waals surface area contributed by atoms with Crippen LogP contribution in [0.25, 0.3) is 0 Å². The molecule has 0 heterocycles. The lowest BCUT2D eigenvalue weighted by molar-refractivity contribution is -0.153. The first kappa shape index (κ1) is 50.8. The predicted octanol–water partition coefficient (Wildman–Crippen LogP) is 13.2. The Hall–Kier alpha value is -1.18. The molecule has 3 N–H and O–H groups in total. The number of carbonyl (C=O) groups excluding carboxylic acids is 1. The van der Waals surface area contributed by atoms with Crippen LogP contribution in [-0.2, 0) is 27.9 Å². The summed E-state index contributed by atoms with van der Waals surface area (Å²) >= 11 is 0. The standard InChI is InChI=1S/C43H84NO7P/c1-3-5-7-9-11-13-15-17-19-20-21-22-23-24-26-28-30-32-34-36-43(45)51-42(41-50-52(46,47)49-39-37-44)40-48-38-35-33-31-29-27-25-18-16-14-12-10-8-6-4-2/h17,19,35,38,42H,3-16,18,20-34,36-37,39-41,44H2,1-2H3,(H,46,47)/b19-17+,38-35+/t42-/m1/s1. The molecule has 0 saturated carbocycles. The minimum absolute atomic E-state index is 0.0348. The monoisotopic (exact) mass is 758 g/mol. The number of esters is 1. The van der Waals surface area contributed by atoms with Crippen LogP contribution in [0.4, 0.5) is 0 Å². The molecule has 0 aliphatic heterocycles. The van der Waals surface area contributed by atoms with Crippen molar-refractivity contribution < 1.29 is 32.8 Å². The van der Waals surface area contributed by atoms with Crippen LogP contribution in [0.1, 0.15) is 213 Å². The van der Waals surface area contributed by atoms with Crippen LogP contribution in [0.15, 0.2) is 24.5 Å². The number of phosphoric acid groups is 1. The zero-order valence-electron chi connectivity index (χ0n) is 34.1. The third-order valence-corrected chi connectivity index (χ3v) is 10.4. The molecule has 0 aromatic carbocycles. The Balaban J connectivity index is 4.04. The van der Waals surface area contributed by atoms with E-state index < -0.39 is 13.9 Å². The van der Waals surface area contributed by atoms with E-state index in [0.717, 1.165) is 32.1 Å². The summed E-state index contributed by atoms with van der Waals surface area (Å²) in [4.78, 5) is 22.4. The third-order valence-electron chi connectivity index (χ3n) is 9.44. The molecule has 52 heavy (non-hydrogen) atoms. The molecule has 0 aromatic heterocycles. The van der Waals surface area contributed by atoms with Crippen LogP contribution < -0.4 is 5.73 Å². The van der Waals surface area contributed by atoms with Crippen LogP contribution in [0, 0.1) is 0 Å². The molecule has 0 radical (unpaired) electrons. The first-order valence-electron chi connectivity index (χ1n) is 21.9. The van der Waals surface area contributed by atoms with Gasteiger partial charge in [-0.2, -0.15) is 0 Å². The highest BCUT2D eigenvalue weighted by molar-refractivity contribution is 7.47. The molecule has 0 aliphatic carbocycles. The largest absolute Gasteiger partial charge is 0.498 e. The first-order valence-corrected chi connectivity index (χ1v) is 23.4. The van der Waals surface area contributed by atoms with Gasteiger partial charge in [-0.15, -0.1) is 0 Å². The van der Waals surface area contributed by atoms with E-state index in [1.165, 1.54) is 161 Å². The van der Waals surface area contributed by atoms with Gasteiger partial charge >= 0.3 is 13.8 Å². The van der Waals surface area contributed by atoms with Gasteiger partial charge in [0, 0.05) is 13.0 Å². The van der Waals surface area contributed by atoms with Gasteiger partial charge in [0.2, 0.25) is 0 Å². The number of hydrogen-bond donors (Lipinski definition) is 2. The molecule has 0 aromatic rings. The molecule has 308 valence electrons. The SMILES string of the molecule is CCCCCCCC/C=C/CCCCCCCCCCCC(=O)O[C@H](CO/C=C/CCCCCCCCCCCCCC)COP(=O)(O)OCCN. The van der Waals surface area contributed by atoms with Gasteiger partial charge < -0.3 is 20.1 Å². The van der Waals surface area contributed by atoms with Gasteiger partial charge in [-0.25, -0.2) is 4.57 Å². The molecule has 1 unspecified atom stereocenters. The van der Waals surface area contributed by atoms with Crippen molar-refractivity contribution in [3.8, 4) is 0 Å². The molecular formula is C43H84NO7P. The molecular weight excluding hydrogens is 673 g/mol. The molecule has 0 aliphatic rings. The smallest absolute Gasteiger partial charge is 0.472 e. The lowest BCUT2D eigenvalue weighted by Crippen LogP contribution is -2.27. The number of hydrogen-bond acceptors (Lipinski definition) is 7. The summed E-state index contributed by atoms with van der Waals surface area (Å²) in [5.74, 6) is -0.352. The Morgan fingerprint density at radius 3 is 1.42 bits per heavy atom. The van der Waals surface area contributed by atoms with Gasteiger partial charge in [0.05, 0.1) is 19.5 Å². The summed E-state index contributed by atoms with van der Waals surface area (Å²) in [5, 5.41) is 0. The maximum absolute atomic E-state index is 12.6. The fraction of sp³-hybridized carbons (Fsp3) is 0.884. The van der Waals surface area contributed by atoms with Crippen molar-refractivity contribution in [3.05, 3.63) is 24.5 Å². The van der Waals surface area contributed by atoms with Gasteiger partial charge in [0.15, 0.2) is 6.10 Å². The van der Waals surface area contributed by atoms with Gasteiger partial charge in [-0.05, 0) is 51.0 Å². The van der Waals surface area contributed by atoms with E-state index in [4.69, 9.17) is 24.3 Å². The maximum atomic E-state index is 12.6. The van der Waals surface area contributed by atoms with Crippen molar-refractivity contribution in [2.24, 2.45) is 5.73 Å². The summed E-state index contributed by atoms with van der Waals surface area (Å²) in [6.07, 6.45) is 45.7. The van der Waals surface area contributed by atoms with Crippen molar-refractivity contribution in [3.63, 3.8) is 0 Å². The predicted molar refractivity (Wildman–Crippen MR) is 219 cm³/mol. The summed E-state index contributed by atoms with van der Waals surface area (Å²) in [7, 11) is -4.29. The molecule has 0 bridgehead atoms. The number of unbranched alkanes of at least 4 members (excludes halogenated alkanes) is 27. The topological polar surface area (TPSA) is 117 Å². The van der Waals surface area contributed by atoms with Crippen LogP contribution in [-0.4, -0.2) is 43.3 Å². The zero-order valence-corrected chi connectivity index (χ0v) is 35.0. The maximum Gasteiger partial charge on any atom is 0.472 e. The summed E-state index contributed by atoms with van der Waals surface area (Å²) in [6, 6.07) is 0. The fourth-order valence-corrected chi connectivity index (χ4v) is 6.96. The highest BCUT2D eigenvalue weighted by atomic mass is 31.2. The molecule has 0 rings (SSSR count). The Kier molecular flexibility index (Phi) is 40.1. The summed E-state index contributed by atoms with van der Waals surface area (Å²) in [5.41, 5.74) is 5.36. The Morgan fingerprint density at radius 1 is 0.577 bits per heavy atom. The summed E-state index contributed by atoms with van der Waals surface area (Å²) < 4.78 is 33.2. The Labute approximate surface area is 321 Å². The number of nitrogens with two attached hydrogens (primary N) is 1. The van der Waals surface area contributed by atoms with Crippen molar-refractivity contribution in [2.75, 3.05) is 26.4 Å². The minimum atomic E-state index is -4.29. The molecule has 2 atom stereocenters. The van der Waals surface area contributed by atoms with Crippen LogP contribution in [0.2, 0.25) is 0 Å². The average Bonchev–Trinajstić information content (AvgIpc) is 3.13. The highest BCUT2D eigenvalue weighted by Crippen LogP contribution is 2.43. The van der Waals surface area contributed by atoms with Crippen LogP contribution in [0.5, 0.6) is 0 Å². The second-order valence-corrected chi connectivity index (χ2v) is 16.1. The highest BCUT2D eigenvalue weighted by Gasteiger charge is 2.25. The van der Waals surface area contributed by atoms with Crippen molar-refractivity contribution in [1.29, 1.82) is 0 Å². The number of carbonyl (C=O) groups is 1. The van der Waals surface area contributed by atoms with E-state index in [1.54, 1.807) is 6.26 Å². The second-order valence-electron chi connectivity index (χ2n) is 14.6. The van der Waals surface area contributed by atoms with Crippen molar-refractivity contribution in [1.82, 2.24) is 0 Å². The molecule has 8 nitrogen and oxygen atoms in total. The molecule has 0 amide bonds. The van der Waals surface area contributed by atoms with E-state index in [-0.39, 0.29) is 32.3 Å². The second kappa shape index (κ2) is 41.0. The number of ether oxygens (including phenoxy) is 2. The molecule has 9 heteroatoms. The van der Waals surface area contributed by atoms with Crippen molar-refractivity contribution >= 4 is 13.8 Å². The Morgan fingerprint density at radius 2 is 0.981 bits per heavy atom. The van der Waals surface area contributed by atoms with Gasteiger partial charge in [-0.1, -0.05) is 174 Å². The van der Waals surface area contributed by atoms with E-state index in [2.05, 4.69) is 26.0 Å². The first-order chi connectivity index (χ1) is 25.4. The Bertz CT molecular complexity index is 853. The van der Waals surface area contributed by atoms with E-state index in [9.17, 15) is 14.3 Å². The third kappa shape index (κ3) is 40.0. The quantitative estimate of drug-likeness (QED) is 0.0208. The molecule has 0 fully saturated rings. The number of rotatable bonds is 42. The van der Waals surface area contributed by atoms with Gasteiger partial charge in [0.25, 0.3) is 0 Å². The molecule has 0 saturated heterocycles. The van der Waals surface area contributed by atoms with Crippen LogP contribution in [0.3, 0.4) is 0 Å². The normalized spacial score (nSPS) is 13.6. The van der Waals surface area contributed by atoms with Crippen LogP contribution >= 0.6 is 7.82 Å². The number of allylic oxidation sites excluding steroid dienone is 3. The van der Waals surface area contributed by atoms with E-state index in [0.29, 0.717) is 6.42 Å².